The van der Waals surface area contributed by atoms with Crippen molar-refractivity contribution in [2.45, 2.75) is 0 Å². The molecule has 0 aliphatic carbocycles. The molecule has 5 nitrogen and oxygen atoms in total. The van der Waals surface area contributed by atoms with E-state index >= 15 is 0 Å². The van der Waals surface area contributed by atoms with Crippen LogP contribution >= 0.6 is 0 Å². The largest absolute Gasteiger partial charge is 0.485 e. The smallest absolute Gasteiger partial charge is 0.200 e. The Kier molecular flexibility index (Phi) is 5.19. The molecule has 0 atom stereocenters. The highest BCUT2D eigenvalue weighted by Gasteiger charge is 2.14. The summed E-state index contributed by atoms with van der Waals surface area (Å²) in [6.07, 6.45) is 1.72. The SMILES string of the molecule is N#Cc1ccc(C(=O)COc2ccc(C#N)cc2-c2cccc3cccnc23)cc1. The van der Waals surface area contributed by atoms with E-state index in [1.807, 2.05) is 36.4 Å². The number of aromatic nitrogens is 1. The fraction of sp³-hybridized carbons (Fsp3) is 0.0400. The van der Waals surface area contributed by atoms with Crippen molar-refractivity contribution < 1.29 is 9.53 Å². The summed E-state index contributed by atoms with van der Waals surface area (Å²) in [7, 11) is 0. The van der Waals surface area contributed by atoms with Gasteiger partial charge in [0.25, 0.3) is 0 Å². The van der Waals surface area contributed by atoms with Gasteiger partial charge in [-0.25, -0.2) is 0 Å². The quantitative estimate of drug-likeness (QED) is 0.453. The number of nitrogens with zero attached hydrogens (tertiary/aromatic N) is 3. The predicted octanol–water partition coefficient (Wildman–Crippen LogP) is 4.91. The Hall–Kier alpha value is -4.48. The van der Waals surface area contributed by atoms with Gasteiger partial charge < -0.3 is 4.74 Å². The van der Waals surface area contributed by atoms with Crippen LogP contribution in [0.3, 0.4) is 0 Å². The van der Waals surface area contributed by atoms with E-state index in [1.54, 1.807) is 48.7 Å². The zero-order valence-electron chi connectivity index (χ0n) is 15.9. The Morgan fingerprint density at radius 2 is 1.60 bits per heavy atom. The lowest BCUT2D eigenvalue weighted by Crippen LogP contribution is -2.12. The number of Topliss-reactive ketones (excluding diaryl/α,β-unsaturated/α-hetero) is 1. The minimum Gasteiger partial charge on any atom is -0.485 e. The maximum atomic E-state index is 12.5. The van der Waals surface area contributed by atoms with Crippen molar-refractivity contribution in [1.82, 2.24) is 4.98 Å². The summed E-state index contributed by atoms with van der Waals surface area (Å²) < 4.78 is 5.86. The number of ketones is 1. The molecule has 0 unspecified atom stereocenters. The van der Waals surface area contributed by atoms with Gasteiger partial charge in [0.1, 0.15) is 5.75 Å². The van der Waals surface area contributed by atoms with Crippen molar-refractivity contribution in [3.63, 3.8) is 0 Å². The molecule has 0 aliphatic heterocycles. The molecule has 0 N–H and O–H groups in total. The van der Waals surface area contributed by atoms with E-state index in [9.17, 15) is 10.1 Å². The van der Waals surface area contributed by atoms with Crippen LogP contribution < -0.4 is 4.74 Å². The molecule has 0 amide bonds. The molecule has 142 valence electrons. The second kappa shape index (κ2) is 8.26. The summed E-state index contributed by atoms with van der Waals surface area (Å²) in [5.41, 5.74) is 3.76. The number of pyridine rings is 1. The molecule has 30 heavy (non-hydrogen) atoms. The van der Waals surface area contributed by atoms with Crippen LogP contribution in [-0.2, 0) is 0 Å². The third kappa shape index (κ3) is 3.73. The Morgan fingerprint density at radius 3 is 2.37 bits per heavy atom. The van der Waals surface area contributed by atoms with Gasteiger partial charge in [0.15, 0.2) is 12.4 Å². The van der Waals surface area contributed by atoms with Gasteiger partial charge >= 0.3 is 0 Å². The third-order valence-corrected chi connectivity index (χ3v) is 4.73. The zero-order valence-corrected chi connectivity index (χ0v) is 15.9. The van der Waals surface area contributed by atoms with Crippen molar-refractivity contribution in [2.24, 2.45) is 0 Å². The average Bonchev–Trinajstić information content (AvgIpc) is 2.82. The van der Waals surface area contributed by atoms with Crippen LogP contribution in [0.5, 0.6) is 5.75 Å². The van der Waals surface area contributed by atoms with E-state index in [4.69, 9.17) is 10.00 Å². The normalized spacial score (nSPS) is 10.2. The minimum absolute atomic E-state index is 0.164. The molecular formula is C25H15N3O2. The highest BCUT2D eigenvalue weighted by atomic mass is 16.5. The third-order valence-electron chi connectivity index (χ3n) is 4.73. The molecule has 5 heteroatoms. The first-order chi connectivity index (χ1) is 14.7. The van der Waals surface area contributed by atoms with Crippen LogP contribution in [0, 0.1) is 22.7 Å². The van der Waals surface area contributed by atoms with E-state index in [1.165, 1.54) is 0 Å². The number of fused-ring (bicyclic) bond motifs is 1. The molecule has 4 aromatic rings. The highest BCUT2D eigenvalue weighted by molar-refractivity contribution is 5.98. The van der Waals surface area contributed by atoms with Crippen LogP contribution in [0.15, 0.2) is 79.0 Å². The molecule has 0 saturated heterocycles. The van der Waals surface area contributed by atoms with Crippen molar-refractivity contribution >= 4 is 16.7 Å². The molecular weight excluding hydrogens is 374 g/mol. The molecule has 0 radical (unpaired) electrons. The number of nitriles is 2. The summed E-state index contributed by atoms with van der Waals surface area (Å²) >= 11 is 0. The van der Waals surface area contributed by atoms with Crippen molar-refractivity contribution in [1.29, 1.82) is 10.5 Å². The van der Waals surface area contributed by atoms with Gasteiger partial charge in [0.2, 0.25) is 0 Å². The summed E-state index contributed by atoms with van der Waals surface area (Å²) in [6.45, 7) is -0.164. The number of rotatable bonds is 5. The van der Waals surface area contributed by atoms with Crippen molar-refractivity contribution in [3.8, 4) is 29.0 Å². The Bertz CT molecular complexity index is 1320. The Balaban J connectivity index is 1.68. The first kappa shape index (κ1) is 18.9. The fourth-order valence-corrected chi connectivity index (χ4v) is 3.21. The van der Waals surface area contributed by atoms with E-state index in [-0.39, 0.29) is 12.4 Å². The maximum absolute atomic E-state index is 12.5. The van der Waals surface area contributed by atoms with Crippen LogP contribution in [-0.4, -0.2) is 17.4 Å². The van der Waals surface area contributed by atoms with Gasteiger partial charge in [-0.3, -0.25) is 9.78 Å². The lowest BCUT2D eigenvalue weighted by molar-refractivity contribution is 0.0922. The van der Waals surface area contributed by atoms with E-state index < -0.39 is 0 Å². The first-order valence-corrected chi connectivity index (χ1v) is 9.24. The Morgan fingerprint density at radius 1 is 0.867 bits per heavy atom. The molecule has 4 rings (SSSR count). The second-order valence-electron chi connectivity index (χ2n) is 6.60. The molecule has 0 saturated carbocycles. The molecule has 3 aromatic carbocycles. The number of benzene rings is 3. The van der Waals surface area contributed by atoms with E-state index in [0.29, 0.717) is 28.0 Å². The first-order valence-electron chi connectivity index (χ1n) is 9.24. The summed E-state index contributed by atoms with van der Waals surface area (Å²) in [4.78, 5) is 17.0. The summed E-state index contributed by atoms with van der Waals surface area (Å²) in [5.74, 6) is 0.292. The van der Waals surface area contributed by atoms with Crippen LogP contribution in [0.4, 0.5) is 0 Å². The van der Waals surface area contributed by atoms with Gasteiger partial charge in [0, 0.05) is 28.3 Å². The molecule has 0 aliphatic rings. The van der Waals surface area contributed by atoms with Crippen LogP contribution in [0.25, 0.3) is 22.0 Å². The number of carbonyl (C=O) groups is 1. The highest BCUT2D eigenvalue weighted by Crippen LogP contribution is 2.35. The predicted molar refractivity (Wildman–Crippen MR) is 113 cm³/mol. The van der Waals surface area contributed by atoms with Crippen LogP contribution in [0.1, 0.15) is 21.5 Å². The van der Waals surface area contributed by atoms with Crippen LogP contribution in [0.2, 0.25) is 0 Å². The number of hydrogen-bond donors (Lipinski definition) is 0. The topological polar surface area (TPSA) is 86.8 Å². The minimum atomic E-state index is -0.203. The standard InChI is InChI=1S/C25H15N3O2/c26-14-17-6-9-19(10-7-17)23(29)16-30-24-11-8-18(15-27)13-22(24)21-5-1-3-20-4-2-12-28-25(20)21/h1-13H,16H2. The lowest BCUT2D eigenvalue weighted by atomic mass is 9.99. The summed E-state index contributed by atoms with van der Waals surface area (Å²) in [6, 6.07) is 25.3. The monoisotopic (exact) mass is 389 g/mol. The summed E-state index contributed by atoms with van der Waals surface area (Å²) in [5, 5.41) is 19.2. The average molecular weight is 389 g/mol. The van der Waals surface area contributed by atoms with E-state index in [0.717, 1.165) is 16.5 Å². The van der Waals surface area contributed by atoms with Gasteiger partial charge in [-0.15, -0.1) is 0 Å². The fourth-order valence-electron chi connectivity index (χ4n) is 3.21. The second-order valence-corrected chi connectivity index (χ2v) is 6.60. The van der Waals surface area contributed by atoms with Gasteiger partial charge in [-0.1, -0.05) is 24.3 Å². The van der Waals surface area contributed by atoms with Gasteiger partial charge in [0.05, 0.1) is 28.8 Å². The Labute approximate surface area is 173 Å². The van der Waals surface area contributed by atoms with Crippen molar-refractivity contribution in [3.05, 3.63) is 95.7 Å². The number of hydrogen-bond acceptors (Lipinski definition) is 5. The van der Waals surface area contributed by atoms with Gasteiger partial charge in [-0.2, -0.15) is 10.5 Å². The maximum Gasteiger partial charge on any atom is 0.200 e. The molecule has 1 heterocycles. The molecule has 0 spiro atoms. The van der Waals surface area contributed by atoms with Crippen molar-refractivity contribution in [2.75, 3.05) is 6.61 Å². The number of ether oxygens (including phenoxy) is 1. The van der Waals surface area contributed by atoms with E-state index in [2.05, 4.69) is 11.1 Å². The molecule has 0 bridgehead atoms. The van der Waals surface area contributed by atoms with Gasteiger partial charge in [-0.05, 0) is 48.5 Å². The molecule has 0 fully saturated rings. The molecule has 1 aromatic heterocycles. The zero-order chi connectivity index (χ0) is 20.9. The number of carbonyl (C=O) groups excluding carboxylic acids is 1. The lowest BCUT2D eigenvalue weighted by Gasteiger charge is -2.13. The number of para-hydroxylation sites is 1.